The van der Waals surface area contributed by atoms with E-state index in [1.165, 1.54) is 5.56 Å². The molecular weight excluding hydrogens is 1210 g/mol. The first-order valence-electron chi connectivity index (χ1n) is 34.1. The smallest absolute Gasteiger partial charge is 0.410 e. The van der Waals surface area contributed by atoms with Crippen LogP contribution in [-0.2, 0) is 31.8 Å². The van der Waals surface area contributed by atoms with Crippen LogP contribution >= 0.6 is 0 Å². The molecular formula is C76H90N12O8. The summed E-state index contributed by atoms with van der Waals surface area (Å²) < 4.78 is 22.6. The van der Waals surface area contributed by atoms with Crippen molar-refractivity contribution in [3.8, 4) is 56.0 Å². The Hall–Kier alpha value is -9.46. The van der Waals surface area contributed by atoms with Crippen LogP contribution in [0.15, 0.2) is 109 Å². The first-order chi connectivity index (χ1) is 45.7. The Bertz CT molecular complexity index is 4360. The van der Waals surface area contributed by atoms with E-state index >= 15 is 0 Å². The Labute approximate surface area is 561 Å². The van der Waals surface area contributed by atoms with Gasteiger partial charge in [-0.2, -0.15) is 0 Å². The molecule has 4 aliphatic heterocycles. The SMILES string of the molecule is CC(C)(C)OC(=O)N1CCC[C@H]1c1ncc(-c2ccc(-c3ccc4c(c3)CCc3[nH]c([C@@H]5CCCN5C(=O)OC(C)(C)C)nc3-4)cc2)[nH]1.CC(C)(C)OC(=O)N1CCC[C@H]1c1ncc(-c2ccc(-c3ccc4c(ccc5[nH]c([C@@H]6CCCN6C(=O)OC(C)(C)C)nc54)c3)cc2)[nH]1. The van der Waals surface area contributed by atoms with Crippen molar-refractivity contribution in [3.05, 3.63) is 144 Å². The first kappa shape index (κ1) is 65.2. The van der Waals surface area contributed by atoms with E-state index in [9.17, 15) is 19.2 Å². The number of ether oxygens (including phenoxy) is 4. The van der Waals surface area contributed by atoms with Gasteiger partial charge in [-0.3, -0.25) is 19.6 Å². The largest absolute Gasteiger partial charge is 0.444 e. The molecule has 0 bridgehead atoms. The Morgan fingerprint density at radius 1 is 0.417 bits per heavy atom. The van der Waals surface area contributed by atoms with Crippen LogP contribution in [0.1, 0.15) is 193 Å². The van der Waals surface area contributed by atoms with Gasteiger partial charge >= 0.3 is 24.4 Å². The van der Waals surface area contributed by atoms with E-state index < -0.39 is 22.4 Å². The normalized spacial score (nSPS) is 19.0. The van der Waals surface area contributed by atoms with Crippen molar-refractivity contribution in [2.45, 2.75) is 194 Å². The highest BCUT2D eigenvalue weighted by Crippen LogP contribution is 2.42. The maximum absolute atomic E-state index is 12.9. The standard InChI is InChI=1S/C38H46N6O4.C38H44N6O4/c2*1-37(2,3)47-35(45)43-19-7-9-30(43)33-39-22-29(41-33)24-13-11-23(12-14-24)25-15-17-27-26(21-25)16-18-28-32(27)42-34(40-28)31-10-8-20-44(31)36(46)48-38(4,5)6/h11-15,17,21-22,30-31H,7-10,16,18-20H2,1-6H3,(H,39,41)(H,40,42);11-18,21-22,30-31H,7-10,19-20H2,1-6H3,(H,39,41)(H,40,42)/t2*30-,31-/m00/s1. The van der Waals surface area contributed by atoms with Crippen LogP contribution in [0.4, 0.5) is 19.2 Å². The number of aromatic amines is 4. The number of aryl methyl sites for hydroxylation is 2. The number of nitrogens with zero attached hydrogens (tertiary/aromatic N) is 8. The van der Waals surface area contributed by atoms with Crippen LogP contribution in [0, 0.1) is 0 Å². The van der Waals surface area contributed by atoms with Crippen LogP contribution in [0.3, 0.4) is 0 Å². The summed E-state index contributed by atoms with van der Waals surface area (Å²) in [5, 5.41) is 2.16. The van der Waals surface area contributed by atoms with E-state index in [0.29, 0.717) is 26.2 Å². The molecule has 20 heteroatoms. The predicted octanol–water partition coefficient (Wildman–Crippen LogP) is 17.3. The molecule has 1 aliphatic carbocycles. The predicted molar refractivity (Wildman–Crippen MR) is 371 cm³/mol. The van der Waals surface area contributed by atoms with Crippen molar-refractivity contribution < 1.29 is 38.1 Å². The lowest BCUT2D eigenvalue weighted by atomic mass is 9.89. The lowest BCUT2D eigenvalue weighted by Gasteiger charge is -2.27. The molecule has 4 saturated heterocycles. The van der Waals surface area contributed by atoms with Gasteiger partial charge in [-0.25, -0.2) is 39.1 Å². The maximum Gasteiger partial charge on any atom is 0.410 e. The second kappa shape index (κ2) is 25.6. The van der Waals surface area contributed by atoms with Crippen LogP contribution in [-0.4, -0.2) is 132 Å². The van der Waals surface area contributed by atoms with Gasteiger partial charge in [0.15, 0.2) is 0 Å². The van der Waals surface area contributed by atoms with Gasteiger partial charge < -0.3 is 38.9 Å². The highest BCUT2D eigenvalue weighted by Gasteiger charge is 2.40. The topological polar surface area (TPSA) is 233 Å². The highest BCUT2D eigenvalue weighted by molar-refractivity contribution is 6.05. The van der Waals surface area contributed by atoms with Crippen molar-refractivity contribution >= 4 is 46.2 Å². The molecule has 20 nitrogen and oxygen atoms in total. The number of hydrogen-bond donors (Lipinski definition) is 4. The quantitative estimate of drug-likeness (QED) is 0.104. The van der Waals surface area contributed by atoms with Gasteiger partial charge in [0.2, 0.25) is 0 Å². The minimum absolute atomic E-state index is 0.0975. The summed E-state index contributed by atoms with van der Waals surface area (Å²) in [6.45, 7) is 25.4. The van der Waals surface area contributed by atoms with Crippen molar-refractivity contribution in [2.75, 3.05) is 26.2 Å². The van der Waals surface area contributed by atoms with Crippen molar-refractivity contribution in [1.82, 2.24) is 59.5 Å². The Morgan fingerprint density at radius 3 is 1.26 bits per heavy atom. The van der Waals surface area contributed by atoms with Gasteiger partial charge in [-0.15, -0.1) is 0 Å². The number of fused-ring (bicyclic) bond motifs is 6. The van der Waals surface area contributed by atoms with Gasteiger partial charge in [-0.1, -0.05) is 84.9 Å². The fourth-order valence-corrected chi connectivity index (χ4v) is 14.0. The van der Waals surface area contributed by atoms with Gasteiger partial charge in [0.1, 0.15) is 45.7 Å². The zero-order valence-electron chi connectivity index (χ0n) is 57.4. The second-order valence-electron chi connectivity index (χ2n) is 30.2. The number of carbonyl (C=O) groups excluding carboxylic acids is 4. The molecule has 0 radical (unpaired) electrons. The Kier molecular flexibility index (Phi) is 17.4. The Morgan fingerprint density at radius 2 is 0.812 bits per heavy atom. The third-order valence-electron chi connectivity index (χ3n) is 18.3. The lowest BCUT2D eigenvalue weighted by molar-refractivity contribution is 0.0208. The third kappa shape index (κ3) is 14.1. The summed E-state index contributed by atoms with van der Waals surface area (Å²) in [5.74, 6) is 3.22. The number of aromatic nitrogens is 8. The molecule has 0 saturated carbocycles. The van der Waals surface area contributed by atoms with E-state index in [4.69, 9.17) is 28.9 Å². The fourth-order valence-electron chi connectivity index (χ4n) is 14.0. The average molecular weight is 1300 g/mol. The highest BCUT2D eigenvalue weighted by atomic mass is 16.6. The second-order valence-corrected chi connectivity index (χ2v) is 30.2. The summed E-state index contributed by atoms with van der Waals surface area (Å²) in [4.78, 5) is 92.0. The lowest BCUT2D eigenvalue weighted by Crippen LogP contribution is -2.36. The zero-order chi connectivity index (χ0) is 67.6. The van der Waals surface area contributed by atoms with Crippen LogP contribution in [0.5, 0.6) is 0 Å². The van der Waals surface area contributed by atoms with Gasteiger partial charge in [-0.05, 0) is 204 Å². The fraction of sp³-hybridized carbons (Fsp3) is 0.447. The van der Waals surface area contributed by atoms with Crippen molar-refractivity contribution in [1.29, 1.82) is 0 Å². The molecule has 96 heavy (non-hydrogen) atoms. The summed E-state index contributed by atoms with van der Waals surface area (Å²) in [6.07, 6.45) is 11.5. The van der Waals surface area contributed by atoms with E-state index in [1.54, 1.807) is 14.7 Å². The van der Waals surface area contributed by atoms with E-state index in [0.717, 1.165) is 171 Å². The van der Waals surface area contributed by atoms with Crippen molar-refractivity contribution in [3.63, 3.8) is 0 Å². The molecule has 4 amide bonds. The summed E-state index contributed by atoms with van der Waals surface area (Å²) >= 11 is 0. The molecule has 0 unspecified atom stereocenters. The Balaban J connectivity index is 0.000000174. The van der Waals surface area contributed by atoms with E-state index in [1.807, 2.05) is 100 Å². The van der Waals surface area contributed by atoms with Crippen LogP contribution < -0.4 is 0 Å². The number of likely N-dealkylation sites (tertiary alicyclic amines) is 4. The number of H-pyrrole nitrogens is 4. The number of carbonyl (C=O) groups is 4. The average Bonchev–Trinajstić information content (AvgIpc) is 1.49. The van der Waals surface area contributed by atoms with E-state index in [-0.39, 0.29) is 48.5 Å². The molecule has 4 N–H and O–H groups in total. The molecule has 0 spiro atoms. The summed E-state index contributed by atoms with van der Waals surface area (Å²) in [6, 6.07) is 33.8. The molecule has 5 aliphatic rings. The molecule has 4 atom stereocenters. The number of rotatable bonds is 8. The van der Waals surface area contributed by atoms with E-state index in [2.05, 4.69) is 127 Å². The third-order valence-corrected chi connectivity index (χ3v) is 18.3. The van der Waals surface area contributed by atoms with Gasteiger partial charge in [0.05, 0.1) is 64.7 Å². The van der Waals surface area contributed by atoms with Gasteiger partial charge in [0.25, 0.3) is 0 Å². The zero-order valence-corrected chi connectivity index (χ0v) is 57.4. The molecule has 502 valence electrons. The first-order valence-corrected chi connectivity index (χ1v) is 34.1. The molecule has 8 heterocycles. The van der Waals surface area contributed by atoms with Crippen LogP contribution in [0.2, 0.25) is 0 Å². The van der Waals surface area contributed by atoms with Crippen LogP contribution in [0.25, 0.3) is 77.8 Å². The minimum Gasteiger partial charge on any atom is -0.444 e. The number of hydrogen-bond acceptors (Lipinski definition) is 12. The maximum atomic E-state index is 12.9. The van der Waals surface area contributed by atoms with Gasteiger partial charge in [0, 0.05) is 42.8 Å². The monoisotopic (exact) mass is 1300 g/mol. The minimum atomic E-state index is -0.545. The molecule has 9 aromatic rings. The molecule has 5 aromatic carbocycles. The number of imidazole rings is 4. The molecule has 4 aromatic heterocycles. The summed E-state index contributed by atoms with van der Waals surface area (Å²) in [5.41, 5.74) is 12.7. The number of benzene rings is 5. The summed E-state index contributed by atoms with van der Waals surface area (Å²) in [7, 11) is 0. The van der Waals surface area contributed by atoms with Crippen molar-refractivity contribution in [2.24, 2.45) is 0 Å². The molecule has 4 fully saturated rings. The molecule has 14 rings (SSSR count). The number of amides is 4. The number of nitrogens with one attached hydrogen (secondary N) is 4.